The summed E-state index contributed by atoms with van der Waals surface area (Å²) >= 11 is 6.30. The van der Waals surface area contributed by atoms with Crippen LogP contribution in [-0.2, 0) is 0 Å². The normalized spacial score (nSPS) is 14.8. The van der Waals surface area contributed by atoms with E-state index >= 15 is 0 Å². The largest absolute Gasteiger partial charge is 0.492 e. The average Bonchev–Trinajstić information content (AvgIpc) is 3.17. The van der Waals surface area contributed by atoms with Crippen LogP contribution in [0.15, 0.2) is 36.5 Å². The summed E-state index contributed by atoms with van der Waals surface area (Å²) in [5.41, 5.74) is 3.98. The molecule has 3 aromatic rings. The first-order valence-corrected chi connectivity index (χ1v) is 9.87. The third kappa shape index (κ3) is 3.92. The summed E-state index contributed by atoms with van der Waals surface area (Å²) in [4.78, 5) is 11.7. The molecule has 0 amide bonds. The lowest BCUT2D eigenvalue weighted by Gasteiger charge is -2.17. The van der Waals surface area contributed by atoms with Crippen molar-refractivity contribution in [2.75, 3.05) is 26.2 Å². The fraction of sp³-hybridized carbons (Fsp3) is 0.364. The first kappa shape index (κ1) is 18.2. The number of hydrogen-bond donors (Lipinski definition) is 0. The van der Waals surface area contributed by atoms with Crippen LogP contribution in [0.4, 0.5) is 0 Å². The van der Waals surface area contributed by atoms with E-state index in [0.717, 1.165) is 46.5 Å². The molecule has 140 valence electrons. The lowest BCUT2D eigenvalue weighted by atomic mass is 10.0. The highest BCUT2D eigenvalue weighted by Gasteiger charge is 2.13. The molecule has 0 N–H and O–H groups in total. The van der Waals surface area contributed by atoms with Gasteiger partial charge in [0.1, 0.15) is 12.4 Å². The van der Waals surface area contributed by atoms with E-state index in [1.807, 2.05) is 24.4 Å². The Morgan fingerprint density at radius 3 is 2.59 bits per heavy atom. The second kappa shape index (κ2) is 7.83. The number of aromatic nitrogens is 2. The number of benzene rings is 2. The molecule has 27 heavy (non-hydrogen) atoms. The Morgan fingerprint density at radius 1 is 1.11 bits per heavy atom. The minimum Gasteiger partial charge on any atom is -0.492 e. The van der Waals surface area contributed by atoms with E-state index in [1.165, 1.54) is 25.9 Å². The first-order chi connectivity index (χ1) is 13.1. The molecule has 0 saturated carbocycles. The highest BCUT2D eigenvalue weighted by Crippen LogP contribution is 2.30. The summed E-state index contributed by atoms with van der Waals surface area (Å²) < 4.78 is 6.11. The predicted molar refractivity (Wildman–Crippen MR) is 111 cm³/mol. The summed E-state index contributed by atoms with van der Waals surface area (Å²) in [6.45, 7) is 8.27. The molecule has 0 aliphatic carbocycles. The number of ether oxygens (including phenoxy) is 1. The monoisotopic (exact) mass is 381 g/mol. The van der Waals surface area contributed by atoms with Gasteiger partial charge >= 0.3 is 0 Å². The van der Waals surface area contributed by atoms with Crippen LogP contribution < -0.4 is 4.74 Å². The van der Waals surface area contributed by atoms with Gasteiger partial charge in [0.2, 0.25) is 0 Å². The fourth-order valence-corrected chi connectivity index (χ4v) is 3.97. The Labute approximate surface area is 165 Å². The molecule has 2 heterocycles. The third-order valence-corrected chi connectivity index (χ3v) is 5.44. The Hall–Kier alpha value is -2.17. The number of halogens is 1. The fourth-order valence-electron chi connectivity index (χ4n) is 3.75. The van der Waals surface area contributed by atoms with Gasteiger partial charge < -0.3 is 4.74 Å². The molecule has 4 rings (SSSR count). The van der Waals surface area contributed by atoms with Crippen LogP contribution >= 0.6 is 11.6 Å². The van der Waals surface area contributed by atoms with E-state index in [1.54, 1.807) is 0 Å². The highest BCUT2D eigenvalue weighted by atomic mass is 35.5. The highest BCUT2D eigenvalue weighted by molar-refractivity contribution is 6.35. The smallest absolute Gasteiger partial charge is 0.159 e. The number of aryl methyl sites for hydroxylation is 2. The number of fused-ring (bicyclic) bond motifs is 1. The molecule has 1 aromatic heterocycles. The standard InChI is InChI=1S/C22H24ClN3O/c1-15-12-18(22-24-14-17-6-5-7-19(23)20(17)25-22)13-16(2)21(15)27-11-10-26-8-3-4-9-26/h5-7,12-14H,3-4,8-11H2,1-2H3. The van der Waals surface area contributed by atoms with Crippen LogP contribution in [-0.4, -0.2) is 41.1 Å². The van der Waals surface area contributed by atoms with Crippen LogP contribution in [0, 0.1) is 13.8 Å². The molecule has 1 saturated heterocycles. The van der Waals surface area contributed by atoms with Gasteiger partial charge in [0.25, 0.3) is 0 Å². The molecule has 0 radical (unpaired) electrons. The van der Waals surface area contributed by atoms with Crippen molar-refractivity contribution in [1.29, 1.82) is 0 Å². The zero-order chi connectivity index (χ0) is 18.8. The van der Waals surface area contributed by atoms with E-state index in [4.69, 9.17) is 16.3 Å². The van der Waals surface area contributed by atoms with Crippen molar-refractivity contribution in [2.45, 2.75) is 26.7 Å². The number of likely N-dealkylation sites (tertiary alicyclic amines) is 1. The van der Waals surface area contributed by atoms with Crippen LogP contribution in [0.2, 0.25) is 5.02 Å². The third-order valence-electron chi connectivity index (χ3n) is 5.13. The molecule has 0 bridgehead atoms. The Bertz CT molecular complexity index is 944. The van der Waals surface area contributed by atoms with Crippen molar-refractivity contribution < 1.29 is 4.74 Å². The minimum absolute atomic E-state index is 0.645. The molecule has 5 heteroatoms. The summed E-state index contributed by atoms with van der Waals surface area (Å²) in [6, 6.07) is 9.93. The van der Waals surface area contributed by atoms with E-state index in [-0.39, 0.29) is 0 Å². The van der Waals surface area contributed by atoms with Gasteiger partial charge in [-0.15, -0.1) is 0 Å². The van der Waals surface area contributed by atoms with E-state index in [9.17, 15) is 0 Å². The van der Waals surface area contributed by atoms with Crippen LogP contribution in [0.25, 0.3) is 22.3 Å². The van der Waals surface area contributed by atoms with Crippen molar-refractivity contribution in [3.05, 3.63) is 52.7 Å². The maximum absolute atomic E-state index is 6.30. The van der Waals surface area contributed by atoms with Gasteiger partial charge in [-0.2, -0.15) is 0 Å². The van der Waals surface area contributed by atoms with Crippen LogP contribution in [0.3, 0.4) is 0 Å². The van der Waals surface area contributed by atoms with Gasteiger partial charge in [-0.3, -0.25) is 4.90 Å². The van der Waals surface area contributed by atoms with E-state index in [2.05, 4.69) is 40.8 Å². The summed E-state index contributed by atoms with van der Waals surface area (Å²) in [5.74, 6) is 1.65. The molecule has 1 aliphatic heterocycles. The summed E-state index contributed by atoms with van der Waals surface area (Å²) in [6.07, 6.45) is 4.44. The molecular formula is C22H24ClN3O. The van der Waals surface area contributed by atoms with Crippen molar-refractivity contribution in [2.24, 2.45) is 0 Å². The molecule has 0 unspecified atom stereocenters. The Balaban J connectivity index is 1.56. The molecule has 1 fully saturated rings. The van der Waals surface area contributed by atoms with Gasteiger partial charge in [-0.05, 0) is 69.1 Å². The van der Waals surface area contributed by atoms with Gasteiger partial charge in [-0.1, -0.05) is 23.7 Å². The lowest BCUT2D eigenvalue weighted by molar-refractivity contribution is 0.236. The number of nitrogens with zero attached hydrogens (tertiary/aromatic N) is 3. The maximum atomic E-state index is 6.30. The summed E-state index contributed by atoms with van der Waals surface area (Å²) in [5, 5.41) is 1.59. The zero-order valence-corrected chi connectivity index (χ0v) is 16.6. The van der Waals surface area contributed by atoms with Gasteiger partial charge in [0.05, 0.1) is 10.5 Å². The van der Waals surface area contributed by atoms with Crippen LogP contribution in [0.1, 0.15) is 24.0 Å². The van der Waals surface area contributed by atoms with Crippen LogP contribution in [0.5, 0.6) is 5.75 Å². The number of para-hydroxylation sites is 1. The first-order valence-electron chi connectivity index (χ1n) is 9.50. The van der Waals surface area contributed by atoms with Crippen molar-refractivity contribution in [1.82, 2.24) is 14.9 Å². The Kier molecular flexibility index (Phi) is 5.28. The van der Waals surface area contributed by atoms with Gasteiger partial charge in [0.15, 0.2) is 5.82 Å². The summed E-state index contributed by atoms with van der Waals surface area (Å²) in [7, 11) is 0. The molecule has 2 aromatic carbocycles. The number of hydrogen-bond acceptors (Lipinski definition) is 4. The topological polar surface area (TPSA) is 38.3 Å². The maximum Gasteiger partial charge on any atom is 0.159 e. The van der Waals surface area contributed by atoms with Gasteiger partial charge in [0, 0.05) is 23.7 Å². The predicted octanol–water partition coefficient (Wildman–Crippen LogP) is 5.04. The van der Waals surface area contributed by atoms with E-state index < -0.39 is 0 Å². The second-order valence-corrected chi connectivity index (χ2v) is 7.61. The lowest BCUT2D eigenvalue weighted by Crippen LogP contribution is -2.25. The molecule has 0 atom stereocenters. The van der Waals surface area contributed by atoms with E-state index in [0.29, 0.717) is 10.8 Å². The van der Waals surface area contributed by atoms with Crippen molar-refractivity contribution >= 4 is 22.5 Å². The quantitative estimate of drug-likeness (QED) is 0.620. The SMILES string of the molecule is Cc1cc(-c2ncc3cccc(Cl)c3n2)cc(C)c1OCCN1CCCC1. The van der Waals surface area contributed by atoms with Crippen molar-refractivity contribution in [3.63, 3.8) is 0 Å². The molecule has 0 spiro atoms. The molecule has 1 aliphatic rings. The van der Waals surface area contributed by atoms with Crippen molar-refractivity contribution in [3.8, 4) is 17.1 Å². The molecule has 4 nitrogen and oxygen atoms in total. The Morgan fingerprint density at radius 2 is 1.85 bits per heavy atom. The zero-order valence-electron chi connectivity index (χ0n) is 15.8. The second-order valence-electron chi connectivity index (χ2n) is 7.21. The average molecular weight is 382 g/mol. The number of rotatable bonds is 5. The van der Waals surface area contributed by atoms with Gasteiger partial charge in [-0.25, -0.2) is 9.97 Å². The minimum atomic E-state index is 0.645. The molecular weight excluding hydrogens is 358 g/mol.